The van der Waals surface area contributed by atoms with Crippen molar-refractivity contribution in [1.82, 2.24) is 29.3 Å². The molecule has 1 unspecified atom stereocenters. The minimum absolute atomic E-state index is 0.0287. The zero-order valence-corrected chi connectivity index (χ0v) is 16.6. The summed E-state index contributed by atoms with van der Waals surface area (Å²) in [5.41, 5.74) is 14.0. The molecule has 4 rings (SSSR count). The van der Waals surface area contributed by atoms with Gasteiger partial charge in [-0.05, 0) is 25.1 Å². The highest BCUT2D eigenvalue weighted by Crippen LogP contribution is 2.34. The van der Waals surface area contributed by atoms with Gasteiger partial charge in [0.05, 0.1) is 28.5 Å². The molecule has 0 radical (unpaired) electrons. The van der Waals surface area contributed by atoms with Crippen LogP contribution in [0.1, 0.15) is 30.8 Å². The largest absolute Gasteiger partial charge is 0.382 e. The minimum atomic E-state index is -2.82. The number of rotatable bonds is 5. The molecule has 10 nitrogen and oxygen atoms in total. The average molecular weight is 424 g/mol. The van der Waals surface area contributed by atoms with E-state index in [2.05, 4.69) is 20.4 Å². The number of nitrogens with zero attached hydrogens (tertiary/aromatic N) is 7. The van der Waals surface area contributed by atoms with E-state index in [0.717, 1.165) is 5.52 Å². The number of nitrogen functional groups attached to an aromatic ring is 2. The lowest BCUT2D eigenvalue weighted by Crippen LogP contribution is -2.15. The van der Waals surface area contributed by atoms with Gasteiger partial charge in [-0.15, -0.1) is 0 Å². The van der Waals surface area contributed by atoms with Crippen LogP contribution in [-0.4, -0.2) is 29.3 Å². The molecule has 158 valence electrons. The SMILES string of the molecule is CC(Nc1nc(N)nc(N)c1C#N)c1nc2ccn(C)c2cc1-c1ccnn1C(F)F. The summed E-state index contributed by atoms with van der Waals surface area (Å²) in [5.74, 6) is -0.0379. The Balaban J connectivity index is 1.87. The summed E-state index contributed by atoms with van der Waals surface area (Å²) in [4.78, 5) is 12.5. The molecule has 12 heteroatoms. The van der Waals surface area contributed by atoms with Gasteiger partial charge in [0, 0.05) is 25.0 Å². The van der Waals surface area contributed by atoms with E-state index in [1.807, 2.05) is 29.9 Å². The maximum Gasteiger partial charge on any atom is 0.333 e. The van der Waals surface area contributed by atoms with Crippen LogP contribution in [0.2, 0.25) is 0 Å². The number of hydrogen-bond donors (Lipinski definition) is 3. The third-order valence-corrected chi connectivity index (χ3v) is 4.86. The second-order valence-corrected chi connectivity index (χ2v) is 6.86. The number of nitriles is 1. The van der Waals surface area contributed by atoms with Gasteiger partial charge in [-0.3, -0.25) is 0 Å². The third-order valence-electron chi connectivity index (χ3n) is 4.86. The summed E-state index contributed by atoms with van der Waals surface area (Å²) < 4.78 is 29.5. The first kappa shape index (κ1) is 20.0. The molecule has 4 aromatic heterocycles. The van der Waals surface area contributed by atoms with E-state index >= 15 is 0 Å². The fourth-order valence-corrected chi connectivity index (χ4v) is 3.40. The zero-order chi connectivity index (χ0) is 22.3. The average Bonchev–Trinajstić information content (AvgIpc) is 3.34. The van der Waals surface area contributed by atoms with Gasteiger partial charge in [-0.2, -0.15) is 29.1 Å². The van der Waals surface area contributed by atoms with Gasteiger partial charge in [0.1, 0.15) is 17.5 Å². The van der Waals surface area contributed by atoms with Crippen LogP contribution in [-0.2, 0) is 7.05 Å². The lowest BCUT2D eigenvalue weighted by molar-refractivity contribution is 0.0585. The molecule has 0 saturated heterocycles. The molecule has 0 aliphatic rings. The molecular weight excluding hydrogens is 406 g/mol. The highest BCUT2D eigenvalue weighted by molar-refractivity contribution is 5.83. The summed E-state index contributed by atoms with van der Waals surface area (Å²) in [6.45, 7) is -1.06. The molecule has 31 heavy (non-hydrogen) atoms. The van der Waals surface area contributed by atoms with Crippen LogP contribution in [0.25, 0.3) is 22.3 Å². The van der Waals surface area contributed by atoms with Gasteiger partial charge >= 0.3 is 6.55 Å². The number of nitrogens with one attached hydrogen (secondary N) is 1. The standard InChI is InChI=1S/C19H18F2N10/c1-9(26-17-11(8-22)16(23)28-19(24)29-17)15-10(13-3-5-25-31(13)18(20)21)7-14-12(27-15)4-6-30(14)2/h3-7,9,18H,1-2H3,(H5,23,24,26,28,29). The fraction of sp³-hybridized carbons (Fsp3) is 0.211. The molecule has 0 spiro atoms. The van der Waals surface area contributed by atoms with Crippen molar-refractivity contribution in [2.75, 3.05) is 16.8 Å². The van der Waals surface area contributed by atoms with Crippen molar-refractivity contribution in [2.45, 2.75) is 19.5 Å². The second kappa shape index (κ2) is 7.52. The van der Waals surface area contributed by atoms with Crippen LogP contribution in [0, 0.1) is 11.3 Å². The van der Waals surface area contributed by atoms with Crippen molar-refractivity contribution >= 4 is 28.6 Å². The Morgan fingerprint density at radius 3 is 2.68 bits per heavy atom. The van der Waals surface area contributed by atoms with E-state index in [1.165, 1.54) is 12.3 Å². The lowest BCUT2D eigenvalue weighted by Gasteiger charge is -2.19. The molecule has 0 amide bonds. The van der Waals surface area contributed by atoms with Crippen LogP contribution in [0.15, 0.2) is 30.6 Å². The summed E-state index contributed by atoms with van der Waals surface area (Å²) in [6, 6.07) is 6.48. The number of aromatic nitrogens is 6. The molecule has 0 fully saturated rings. The topological polar surface area (TPSA) is 149 Å². The van der Waals surface area contributed by atoms with E-state index in [0.29, 0.717) is 21.5 Å². The Bertz CT molecular complexity index is 1320. The molecule has 1 atom stereocenters. The summed E-state index contributed by atoms with van der Waals surface area (Å²) in [6.07, 6.45) is 3.13. The van der Waals surface area contributed by atoms with Gasteiger partial charge < -0.3 is 21.4 Å². The van der Waals surface area contributed by atoms with Crippen LogP contribution in [0.5, 0.6) is 0 Å². The van der Waals surface area contributed by atoms with Crippen LogP contribution < -0.4 is 16.8 Å². The predicted octanol–water partition coefficient (Wildman–Crippen LogP) is 2.83. The van der Waals surface area contributed by atoms with Crippen LogP contribution in [0.3, 0.4) is 0 Å². The van der Waals surface area contributed by atoms with Crippen molar-refractivity contribution in [3.05, 3.63) is 41.9 Å². The maximum atomic E-state index is 13.5. The monoisotopic (exact) mass is 424 g/mol. The summed E-state index contributed by atoms with van der Waals surface area (Å²) >= 11 is 0. The Morgan fingerprint density at radius 2 is 1.97 bits per heavy atom. The van der Waals surface area contributed by atoms with Gasteiger partial charge in [-0.25, -0.2) is 9.67 Å². The van der Waals surface area contributed by atoms with E-state index in [-0.39, 0.29) is 28.8 Å². The van der Waals surface area contributed by atoms with Gasteiger partial charge in [-0.1, -0.05) is 0 Å². The number of nitrogens with two attached hydrogens (primary N) is 2. The first-order valence-corrected chi connectivity index (χ1v) is 9.17. The molecule has 0 bridgehead atoms. The number of anilines is 3. The van der Waals surface area contributed by atoms with Crippen LogP contribution >= 0.6 is 0 Å². The molecule has 5 N–H and O–H groups in total. The molecule has 0 aliphatic heterocycles. The first-order valence-electron chi connectivity index (χ1n) is 9.17. The van der Waals surface area contributed by atoms with E-state index in [1.54, 1.807) is 13.0 Å². The number of alkyl halides is 2. The summed E-state index contributed by atoms with van der Waals surface area (Å²) in [5, 5.41) is 16.2. The van der Waals surface area contributed by atoms with Crippen LogP contribution in [0.4, 0.5) is 26.4 Å². The number of pyridine rings is 1. The molecule has 0 aromatic carbocycles. The van der Waals surface area contributed by atoms with Crippen molar-refractivity contribution in [3.8, 4) is 17.3 Å². The Morgan fingerprint density at radius 1 is 1.19 bits per heavy atom. The first-order chi connectivity index (χ1) is 14.8. The van der Waals surface area contributed by atoms with Crippen molar-refractivity contribution in [3.63, 3.8) is 0 Å². The van der Waals surface area contributed by atoms with E-state index in [9.17, 15) is 14.0 Å². The Kier molecular flexibility index (Phi) is 4.86. The van der Waals surface area contributed by atoms with E-state index in [4.69, 9.17) is 16.5 Å². The smallest absolute Gasteiger partial charge is 0.333 e. The summed E-state index contributed by atoms with van der Waals surface area (Å²) in [7, 11) is 1.84. The number of fused-ring (bicyclic) bond motifs is 1. The molecule has 4 aromatic rings. The van der Waals surface area contributed by atoms with Gasteiger partial charge in [0.15, 0.2) is 5.82 Å². The van der Waals surface area contributed by atoms with Gasteiger partial charge in [0.2, 0.25) is 5.95 Å². The minimum Gasteiger partial charge on any atom is -0.382 e. The highest BCUT2D eigenvalue weighted by Gasteiger charge is 2.23. The second-order valence-electron chi connectivity index (χ2n) is 6.86. The van der Waals surface area contributed by atoms with E-state index < -0.39 is 12.6 Å². The molecular formula is C19H18F2N10. The predicted molar refractivity (Wildman–Crippen MR) is 111 cm³/mol. The third kappa shape index (κ3) is 3.46. The molecule has 0 aliphatic carbocycles. The number of hydrogen-bond acceptors (Lipinski definition) is 8. The number of aryl methyl sites for hydroxylation is 1. The number of halogens is 2. The maximum absolute atomic E-state index is 13.5. The quantitative estimate of drug-likeness (QED) is 0.443. The highest BCUT2D eigenvalue weighted by atomic mass is 19.3. The van der Waals surface area contributed by atoms with Crippen molar-refractivity contribution in [2.24, 2.45) is 7.05 Å². The normalized spacial score (nSPS) is 12.3. The van der Waals surface area contributed by atoms with Gasteiger partial charge in [0.25, 0.3) is 0 Å². The lowest BCUT2D eigenvalue weighted by atomic mass is 10.0. The molecule has 4 heterocycles. The van der Waals surface area contributed by atoms with Crippen molar-refractivity contribution < 1.29 is 8.78 Å². The Hall–Kier alpha value is -4.27. The van der Waals surface area contributed by atoms with Crippen molar-refractivity contribution in [1.29, 1.82) is 5.26 Å². The zero-order valence-electron chi connectivity index (χ0n) is 16.6. The Labute approximate surface area is 175 Å². The fourth-order valence-electron chi connectivity index (χ4n) is 3.40. The molecule has 0 saturated carbocycles.